The van der Waals surface area contributed by atoms with E-state index in [0.717, 1.165) is 48.8 Å². The van der Waals surface area contributed by atoms with E-state index >= 15 is 0 Å². The smallest absolute Gasteiger partial charge is 0.161 e. The van der Waals surface area contributed by atoms with E-state index in [1.54, 1.807) is 7.11 Å². The van der Waals surface area contributed by atoms with Crippen LogP contribution in [-0.4, -0.2) is 47.0 Å². The molecule has 0 aromatic carbocycles. The molecule has 6 nitrogen and oxygen atoms in total. The lowest BCUT2D eigenvalue weighted by Gasteiger charge is -2.22. The Balaban J connectivity index is 1.85. The van der Waals surface area contributed by atoms with Crippen molar-refractivity contribution in [2.45, 2.75) is 26.2 Å². The van der Waals surface area contributed by atoms with E-state index < -0.39 is 0 Å². The molecule has 1 aliphatic rings. The highest BCUT2D eigenvalue weighted by atomic mass is 16.5. The highest BCUT2D eigenvalue weighted by Crippen LogP contribution is 2.26. The molecule has 1 unspecified atom stereocenters. The monoisotopic (exact) mass is 275 g/mol. The first-order valence-electron chi connectivity index (χ1n) is 7.19. The summed E-state index contributed by atoms with van der Waals surface area (Å²) in [7, 11) is 1.78. The molecule has 2 aromatic rings. The van der Waals surface area contributed by atoms with E-state index in [1.165, 1.54) is 12.8 Å². The fourth-order valence-electron chi connectivity index (χ4n) is 2.95. The predicted molar refractivity (Wildman–Crippen MR) is 77.9 cm³/mol. The van der Waals surface area contributed by atoms with Crippen molar-refractivity contribution in [3.05, 3.63) is 12.0 Å². The van der Waals surface area contributed by atoms with Crippen molar-refractivity contribution in [3.63, 3.8) is 0 Å². The summed E-state index contributed by atoms with van der Waals surface area (Å²) in [5.41, 5.74) is 0.824. The molecule has 108 valence electrons. The molecular formula is C14H21N5O. The van der Waals surface area contributed by atoms with Gasteiger partial charge in [0.1, 0.15) is 11.6 Å². The van der Waals surface area contributed by atoms with Crippen LogP contribution in [0.25, 0.3) is 11.0 Å². The molecule has 0 spiro atoms. The number of hydrogen-bond acceptors (Lipinski definition) is 5. The summed E-state index contributed by atoms with van der Waals surface area (Å²) >= 11 is 0. The second kappa shape index (κ2) is 5.75. The summed E-state index contributed by atoms with van der Waals surface area (Å²) in [6.45, 7) is 4.84. The number of nitrogens with zero attached hydrogens (tertiary/aromatic N) is 4. The Labute approximate surface area is 118 Å². The Kier molecular flexibility index (Phi) is 3.82. The number of aryl methyl sites for hydroxylation is 1. The van der Waals surface area contributed by atoms with Crippen LogP contribution in [0.3, 0.4) is 0 Å². The van der Waals surface area contributed by atoms with Crippen molar-refractivity contribution >= 4 is 16.9 Å². The van der Waals surface area contributed by atoms with E-state index in [2.05, 4.69) is 25.1 Å². The number of nitrogens with one attached hydrogen (secondary N) is 1. The molecule has 0 aliphatic carbocycles. The van der Waals surface area contributed by atoms with E-state index in [-0.39, 0.29) is 0 Å². The fourth-order valence-corrected chi connectivity index (χ4v) is 2.95. The zero-order valence-corrected chi connectivity index (χ0v) is 12.1. The minimum Gasteiger partial charge on any atom is -0.384 e. The van der Waals surface area contributed by atoms with E-state index in [4.69, 9.17) is 4.74 Å². The molecule has 0 bridgehead atoms. The van der Waals surface area contributed by atoms with Gasteiger partial charge < -0.3 is 9.64 Å². The lowest BCUT2D eigenvalue weighted by molar-refractivity contribution is 0.146. The first-order chi connectivity index (χ1) is 9.78. The van der Waals surface area contributed by atoms with Crippen LogP contribution >= 0.6 is 0 Å². The Morgan fingerprint density at radius 1 is 1.35 bits per heavy atom. The van der Waals surface area contributed by atoms with Gasteiger partial charge in [-0.05, 0) is 32.1 Å². The molecule has 1 atom stereocenters. The van der Waals surface area contributed by atoms with Crippen LogP contribution in [0.1, 0.15) is 25.1 Å². The third-order valence-electron chi connectivity index (χ3n) is 3.95. The minimum absolute atomic E-state index is 0.660. The maximum absolute atomic E-state index is 5.30. The topological polar surface area (TPSA) is 66.9 Å². The Hall–Kier alpha value is -1.69. The molecule has 20 heavy (non-hydrogen) atoms. The summed E-state index contributed by atoms with van der Waals surface area (Å²) in [6, 6.07) is 0. The first kappa shape index (κ1) is 13.3. The van der Waals surface area contributed by atoms with Crippen molar-refractivity contribution in [1.82, 2.24) is 20.2 Å². The van der Waals surface area contributed by atoms with Gasteiger partial charge in [-0.25, -0.2) is 9.97 Å². The fraction of sp³-hybridized carbons (Fsp3) is 0.643. The Morgan fingerprint density at radius 2 is 2.25 bits per heavy atom. The van der Waals surface area contributed by atoms with Crippen LogP contribution in [0.5, 0.6) is 0 Å². The molecule has 1 saturated heterocycles. The zero-order valence-electron chi connectivity index (χ0n) is 12.1. The molecule has 2 aromatic heterocycles. The van der Waals surface area contributed by atoms with E-state index in [1.807, 2.05) is 13.1 Å². The van der Waals surface area contributed by atoms with Crippen molar-refractivity contribution in [2.24, 2.45) is 5.92 Å². The van der Waals surface area contributed by atoms with Crippen LogP contribution in [-0.2, 0) is 4.74 Å². The number of H-pyrrole nitrogens is 1. The van der Waals surface area contributed by atoms with Crippen LogP contribution in [0.2, 0.25) is 0 Å². The minimum atomic E-state index is 0.660. The highest BCUT2D eigenvalue weighted by Gasteiger charge is 2.20. The highest BCUT2D eigenvalue weighted by molar-refractivity contribution is 5.86. The third kappa shape index (κ3) is 2.60. The number of hydrogen-bond donors (Lipinski definition) is 1. The summed E-state index contributed by atoms with van der Waals surface area (Å²) in [5.74, 6) is 2.46. The van der Waals surface area contributed by atoms with Crippen LogP contribution in [0.4, 0.5) is 5.82 Å². The summed E-state index contributed by atoms with van der Waals surface area (Å²) in [4.78, 5) is 11.4. The van der Waals surface area contributed by atoms with Crippen LogP contribution in [0, 0.1) is 12.8 Å². The molecule has 1 aliphatic heterocycles. The van der Waals surface area contributed by atoms with Gasteiger partial charge in [-0.1, -0.05) is 0 Å². The maximum Gasteiger partial charge on any atom is 0.161 e. The zero-order chi connectivity index (χ0) is 13.9. The molecule has 0 amide bonds. The molecule has 6 heteroatoms. The van der Waals surface area contributed by atoms with Crippen molar-refractivity contribution in [2.75, 3.05) is 31.7 Å². The van der Waals surface area contributed by atoms with Crippen LogP contribution < -0.4 is 4.90 Å². The van der Waals surface area contributed by atoms with Crippen LogP contribution in [0.15, 0.2) is 6.20 Å². The van der Waals surface area contributed by atoms with Gasteiger partial charge >= 0.3 is 0 Å². The summed E-state index contributed by atoms with van der Waals surface area (Å²) < 4.78 is 5.30. The van der Waals surface area contributed by atoms with Crippen molar-refractivity contribution in [1.29, 1.82) is 0 Å². The quantitative estimate of drug-likeness (QED) is 0.927. The first-order valence-corrected chi connectivity index (χ1v) is 7.19. The summed E-state index contributed by atoms with van der Waals surface area (Å²) in [5, 5.41) is 8.04. The molecule has 1 fully saturated rings. The second-order valence-corrected chi connectivity index (χ2v) is 5.47. The van der Waals surface area contributed by atoms with Gasteiger partial charge in [-0.2, -0.15) is 5.10 Å². The number of methoxy groups -OCH3 is 1. The number of rotatable bonds is 3. The lowest BCUT2D eigenvalue weighted by atomic mass is 10.0. The van der Waals surface area contributed by atoms with Gasteiger partial charge in [-0.15, -0.1) is 0 Å². The van der Waals surface area contributed by atoms with Gasteiger partial charge in [0.25, 0.3) is 0 Å². The molecular weight excluding hydrogens is 254 g/mol. The average Bonchev–Trinajstić information content (AvgIpc) is 2.77. The Morgan fingerprint density at radius 3 is 3.10 bits per heavy atom. The average molecular weight is 275 g/mol. The van der Waals surface area contributed by atoms with Gasteiger partial charge in [0.15, 0.2) is 5.65 Å². The Bertz CT molecular complexity index is 582. The van der Waals surface area contributed by atoms with Gasteiger partial charge in [0, 0.05) is 26.8 Å². The van der Waals surface area contributed by atoms with Crippen molar-refractivity contribution in [3.8, 4) is 0 Å². The molecule has 0 radical (unpaired) electrons. The van der Waals surface area contributed by atoms with Crippen molar-refractivity contribution < 1.29 is 4.74 Å². The molecule has 1 N–H and O–H groups in total. The molecule has 3 heterocycles. The van der Waals surface area contributed by atoms with E-state index in [0.29, 0.717) is 5.92 Å². The summed E-state index contributed by atoms with van der Waals surface area (Å²) in [6.07, 6.45) is 5.37. The SMILES string of the molecule is COCC1CCCN(c2nc(C)nc3[nH]ncc23)CC1. The molecule has 0 saturated carbocycles. The number of aromatic amines is 1. The van der Waals surface area contributed by atoms with Gasteiger partial charge in [0.05, 0.1) is 11.6 Å². The number of aromatic nitrogens is 4. The third-order valence-corrected chi connectivity index (χ3v) is 3.95. The number of anilines is 1. The maximum atomic E-state index is 5.30. The van der Waals surface area contributed by atoms with Gasteiger partial charge in [0.2, 0.25) is 0 Å². The number of fused-ring (bicyclic) bond motifs is 1. The predicted octanol–water partition coefficient (Wildman–Crippen LogP) is 1.91. The van der Waals surface area contributed by atoms with E-state index in [9.17, 15) is 0 Å². The second-order valence-electron chi connectivity index (χ2n) is 5.47. The normalized spacial score (nSPS) is 20.3. The number of ether oxygens (including phenoxy) is 1. The largest absolute Gasteiger partial charge is 0.384 e. The molecule has 3 rings (SSSR count). The van der Waals surface area contributed by atoms with Gasteiger partial charge in [-0.3, -0.25) is 5.10 Å². The lowest BCUT2D eigenvalue weighted by Crippen LogP contribution is -2.26. The standard InChI is InChI=1S/C14H21N5O/c1-10-16-13-12(8-15-18-13)14(17-10)19-6-3-4-11(5-7-19)9-20-2/h8,11H,3-7,9H2,1-2H3,(H,15,16,17,18).